The van der Waals surface area contributed by atoms with Crippen LogP contribution in [0.4, 0.5) is 0 Å². The zero-order valence-electron chi connectivity index (χ0n) is 14.1. The van der Waals surface area contributed by atoms with Crippen LogP contribution in [-0.2, 0) is 19.1 Å². The van der Waals surface area contributed by atoms with Crippen LogP contribution in [0.5, 0.6) is 5.75 Å². The second-order valence-electron chi connectivity index (χ2n) is 5.96. The van der Waals surface area contributed by atoms with Crippen LogP contribution in [0.1, 0.15) is 32.1 Å². The first-order valence-corrected chi connectivity index (χ1v) is 8.89. The van der Waals surface area contributed by atoms with E-state index < -0.39 is 5.97 Å². The van der Waals surface area contributed by atoms with Crippen LogP contribution in [0.25, 0.3) is 0 Å². The Labute approximate surface area is 152 Å². The van der Waals surface area contributed by atoms with E-state index in [1.807, 2.05) is 0 Å². The average Bonchev–Trinajstić information content (AvgIpc) is 2.63. The van der Waals surface area contributed by atoms with Gasteiger partial charge in [0.25, 0.3) is 0 Å². The number of carbonyl (C=O) groups is 2. The van der Waals surface area contributed by atoms with Gasteiger partial charge in [-0.25, -0.2) is 4.79 Å². The summed E-state index contributed by atoms with van der Waals surface area (Å²) in [4.78, 5) is 23.1. The molecule has 0 N–H and O–H groups in total. The smallest absolute Gasteiger partial charge is 0.330 e. The number of hydrogen-bond acceptors (Lipinski definition) is 5. The van der Waals surface area contributed by atoms with Gasteiger partial charge in [-0.2, -0.15) is 0 Å². The Morgan fingerprint density at radius 2 is 1.80 bits per heavy atom. The number of benzene rings is 1. The van der Waals surface area contributed by atoms with Crippen molar-refractivity contribution in [2.75, 3.05) is 13.2 Å². The van der Waals surface area contributed by atoms with Crippen molar-refractivity contribution in [3.63, 3.8) is 0 Å². The van der Waals surface area contributed by atoms with E-state index in [0.717, 1.165) is 36.8 Å². The van der Waals surface area contributed by atoms with E-state index in [1.165, 1.54) is 0 Å². The van der Waals surface area contributed by atoms with Crippen molar-refractivity contribution in [3.8, 4) is 5.75 Å². The van der Waals surface area contributed by atoms with Gasteiger partial charge in [0.05, 0.1) is 25.2 Å². The van der Waals surface area contributed by atoms with Crippen molar-refractivity contribution in [3.05, 3.63) is 41.9 Å². The molecule has 6 heteroatoms. The zero-order chi connectivity index (χ0) is 18.1. The minimum atomic E-state index is -0.415. The first-order valence-electron chi connectivity index (χ1n) is 8.48. The normalized spacial score (nSPS) is 19.9. The average molecular weight is 368 g/mol. The number of hydrogen-bond donors (Lipinski definition) is 0. The fourth-order valence-corrected chi connectivity index (χ4v) is 2.85. The second kappa shape index (κ2) is 10.2. The molecule has 0 spiro atoms. The number of rotatable bonds is 8. The summed E-state index contributed by atoms with van der Waals surface area (Å²) in [5, 5.41) is 0.719. The summed E-state index contributed by atoms with van der Waals surface area (Å²) in [5.41, 5.74) is 0. The molecule has 1 aliphatic carbocycles. The Balaban J connectivity index is 1.62. The standard InChI is InChI=1S/C19H24ClO5/c1-2-18(21)24-13-3-12-23-16-8-4-14(5-9-16)19(22)25-17-10-6-15(20)7-11-17/h2,6-7,10-11,14,16,20H,1,3-5,8-9,12-13H2/q+1. The van der Waals surface area contributed by atoms with Crippen LogP contribution in [0.2, 0.25) is 5.02 Å². The first-order chi connectivity index (χ1) is 12.1. The largest absolute Gasteiger partial charge is 0.462 e. The molecule has 0 radical (unpaired) electrons. The summed E-state index contributed by atoms with van der Waals surface area (Å²) < 4.78 is 16.1. The van der Waals surface area contributed by atoms with Gasteiger partial charge in [0.15, 0.2) is 11.6 Å². The van der Waals surface area contributed by atoms with Crippen molar-refractivity contribution >= 4 is 11.9 Å². The van der Waals surface area contributed by atoms with E-state index in [0.29, 0.717) is 25.4 Å². The van der Waals surface area contributed by atoms with Crippen molar-refractivity contribution in [1.82, 2.24) is 0 Å². The van der Waals surface area contributed by atoms with Gasteiger partial charge < -0.3 is 14.2 Å². The zero-order valence-corrected chi connectivity index (χ0v) is 15.0. The number of esters is 2. The Bertz CT molecular complexity index is 576. The molecule has 0 heterocycles. The van der Waals surface area contributed by atoms with Crippen LogP contribution < -0.4 is 4.74 Å². The van der Waals surface area contributed by atoms with Crippen LogP contribution in [0.15, 0.2) is 36.9 Å². The number of halogens is 1. The third kappa shape index (κ3) is 6.88. The van der Waals surface area contributed by atoms with Gasteiger partial charge in [-0.05, 0) is 37.8 Å². The lowest BCUT2D eigenvalue weighted by Crippen LogP contribution is -2.29. The fraction of sp³-hybridized carbons (Fsp3) is 0.474. The molecule has 25 heavy (non-hydrogen) atoms. The Kier molecular flexibility index (Phi) is 7.95. The highest BCUT2D eigenvalue weighted by atomic mass is 35.5. The molecule has 5 nitrogen and oxygen atoms in total. The van der Waals surface area contributed by atoms with Crippen LogP contribution in [0.3, 0.4) is 0 Å². The highest BCUT2D eigenvalue weighted by Gasteiger charge is 2.28. The number of carbonyl (C=O) groups excluding carboxylic acids is 2. The van der Waals surface area contributed by atoms with Crippen LogP contribution in [0, 0.1) is 17.5 Å². The monoisotopic (exact) mass is 367 g/mol. The molecule has 1 fully saturated rings. The predicted molar refractivity (Wildman–Crippen MR) is 90.1 cm³/mol. The lowest BCUT2D eigenvalue weighted by molar-refractivity contribution is -0.288. The lowest BCUT2D eigenvalue weighted by Gasteiger charge is -2.27. The van der Waals surface area contributed by atoms with Gasteiger partial charge in [-0.3, -0.25) is 4.79 Å². The molecule has 0 aromatic heterocycles. The summed E-state index contributed by atoms with van der Waals surface area (Å²) in [6.07, 6.45) is 5.13. The summed E-state index contributed by atoms with van der Waals surface area (Å²) in [5.74, 6) is -0.157. The van der Waals surface area contributed by atoms with E-state index in [1.54, 1.807) is 24.3 Å². The molecule has 0 bridgehead atoms. The molecule has 2 rings (SSSR count). The molecule has 0 saturated heterocycles. The van der Waals surface area contributed by atoms with Crippen molar-refractivity contribution in [1.29, 1.82) is 0 Å². The topological polar surface area (TPSA) is 61.8 Å². The Hall–Kier alpha value is -1.85. The SMILES string of the molecule is C=CC(=O)OCCCOC1CCC(C(=O)Oc2ccc([ClH+])cc2)CC1. The molecule has 1 aliphatic rings. The molecule has 136 valence electrons. The lowest BCUT2D eigenvalue weighted by atomic mass is 9.87. The molecule has 0 aliphatic heterocycles. The first kappa shape index (κ1) is 19.5. The van der Waals surface area contributed by atoms with Crippen molar-refractivity contribution < 1.29 is 35.4 Å². The van der Waals surface area contributed by atoms with Gasteiger partial charge in [-0.15, -0.1) is 0 Å². The van der Waals surface area contributed by atoms with Crippen LogP contribution in [-0.4, -0.2) is 31.3 Å². The molecule has 0 unspecified atom stereocenters. The van der Waals surface area contributed by atoms with E-state index >= 15 is 0 Å². The molecule has 1 saturated carbocycles. The van der Waals surface area contributed by atoms with Crippen molar-refractivity contribution in [2.45, 2.75) is 38.2 Å². The van der Waals surface area contributed by atoms with Gasteiger partial charge in [0.1, 0.15) is 5.75 Å². The molecular formula is C19H24ClO5+. The van der Waals surface area contributed by atoms with Gasteiger partial charge >= 0.3 is 11.9 Å². The van der Waals surface area contributed by atoms with Crippen LogP contribution >= 0.6 is 0 Å². The quantitative estimate of drug-likeness (QED) is 0.306. The van der Waals surface area contributed by atoms with Crippen molar-refractivity contribution in [2.24, 2.45) is 5.92 Å². The van der Waals surface area contributed by atoms with E-state index in [-0.39, 0.29) is 18.0 Å². The fourth-order valence-electron chi connectivity index (χ4n) is 2.71. The maximum atomic E-state index is 12.2. The molecular weight excluding hydrogens is 344 g/mol. The van der Waals surface area contributed by atoms with E-state index in [2.05, 4.69) is 6.58 Å². The third-order valence-electron chi connectivity index (χ3n) is 4.10. The molecule has 0 atom stereocenters. The molecule has 1 aromatic carbocycles. The molecule has 1 aromatic rings. The maximum Gasteiger partial charge on any atom is 0.330 e. The Morgan fingerprint density at radius 3 is 2.44 bits per heavy atom. The second-order valence-corrected chi connectivity index (χ2v) is 6.43. The maximum absolute atomic E-state index is 12.2. The van der Waals surface area contributed by atoms with E-state index in [9.17, 15) is 9.59 Å². The molecule has 0 amide bonds. The Morgan fingerprint density at radius 1 is 1.12 bits per heavy atom. The third-order valence-corrected chi connectivity index (χ3v) is 4.38. The summed E-state index contributed by atoms with van der Waals surface area (Å²) >= 11 is 5.01. The van der Waals surface area contributed by atoms with Gasteiger partial charge in [0, 0.05) is 24.6 Å². The summed E-state index contributed by atoms with van der Waals surface area (Å²) in [6.45, 7) is 4.20. The number of ether oxygens (including phenoxy) is 3. The minimum absolute atomic E-state index is 0.0865. The van der Waals surface area contributed by atoms with Gasteiger partial charge in [-0.1, -0.05) is 6.58 Å². The predicted octanol–water partition coefficient (Wildman–Crippen LogP) is 2.98. The van der Waals surface area contributed by atoms with Gasteiger partial charge in [0.2, 0.25) is 5.02 Å². The highest BCUT2D eigenvalue weighted by Crippen LogP contribution is 2.28. The summed E-state index contributed by atoms with van der Waals surface area (Å²) in [7, 11) is 0. The highest BCUT2D eigenvalue weighted by molar-refractivity contribution is 5.81. The van der Waals surface area contributed by atoms with E-state index in [4.69, 9.17) is 25.8 Å². The minimum Gasteiger partial charge on any atom is -0.462 e. The summed E-state index contributed by atoms with van der Waals surface area (Å²) in [6, 6.07) is 6.92.